The third kappa shape index (κ3) is 6.30. The monoisotopic (exact) mass is 493 g/mol. The molecule has 0 aliphatic rings. The van der Waals surface area contributed by atoms with Crippen molar-refractivity contribution in [2.24, 2.45) is 0 Å². The molecule has 34 heavy (non-hydrogen) atoms. The Morgan fingerprint density at radius 1 is 1.06 bits per heavy atom. The van der Waals surface area contributed by atoms with Gasteiger partial charge in [0.25, 0.3) is 0 Å². The molecule has 0 fully saturated rings. The molecule has 2 aromatic heterocycles. The third-order valence-corrected chi connectivity index (χ3v) is 6.42. The largest absolute Gasteiger partial charge is 0.466 e. The van der Waals surface area contributed by atoms with Crippen LogP contribution >= 0.6 is 23.1 Å². The third-order valence-electron chi connectivity index (χ3n) is 4.68. The summed E-state index contributed by atoms with van der Waals surface area (Å²) in [6, 6.07) is 19.9. The molecular formula is C24H23N5O3S2. The SMILES string of the molecule is CCOC(=O)Cc1csc(NC(=O)CSc2nnc(Cc3ccccc3)n2-c2ccccc2)n1. The zero-order valence-electron chi connectivity index (χ0n) is 18.5. The van der Waals surface area contributed by atoms with Crippen LogP contribution < -0.4 is 5.32 Å². The fourth-order valence-corrected chi connectivity index (χ4v) is 4.71. The first-order valence-electron chi connectivity index (χ1n) is 10.7. The Morgan fingerprint density at radius 3 is 2.53 bits per heavy atom. The molecule has 4 aromatic rings. The molecule has 1 N–H and O–H groups in total. The molecule has 10 heteroatoms. The van der Waals surface area contributed by atoms with E-state index in [0.717, 1.165) is 17.1 Å². The molecule has 0 aliphatic carbocycles. The summed E-state index contributed by atoms with van der Waals surface area (Å²) in [6.45, 7) is 2.08. The van der Waals surface area contributed by atoms with Gasteiger partial charge in [0.05, 0.1) is 24.5 Å². The number of benzene rings is 2. The standard InChI is InChI=1S/C24H23N5O3S2/c1-2-32-22(31)14-18-15-33-23(25-18)26-21(30)16-34-24-28-27-20(13-17-9-5-3-6-10-17)29(24)19-11-7-4-8-12-19/h3-12,15H,2,13-14,16H2,1H3,(H,25,26,30). The molecule has 0 spiro atoms. The second-order valence-electron chi connectivity index (χ2n) is 7.19. The summed E-state index contributed by atoms with van der Waals surface area (Å²) in [5.41, 5.74) is 2.63. The maximum Gasteiger partial charge on any atom is 0.311 e. The predicted octanol–water partition coefficient (Wildman–Crippen LogP) is 4.15. The van der Waals surface area contributed by atoms with Crippen molar-refractivity contribution in [3.63, 3.8) is 0 Å². The van der Waals surface area contributed by atoms with E-state index in [9.17, 15) is 9.59 Å². The number of carbonyl (C=O) groups is 2. The molecule has 1 amide bonds. The number of aromatic nitrogens is 4. The van der Waals surface area contributed by atoms with Gasteiger partial charge in [-0.3, -0.25) is 14.2 Å². The Labute approximate surface area is 205 Å². The van der Waals surface area contributed by atoms with E-state index in [1.807, 2.05) is 53.1 Å². The maximum atomic E-state index is 12.6. The van der Waals surface area contributed by atoms with E-state index in [4.69, 9.17) is 4.74 Å². The molecule has 0 saturated heterocycles. The summed E-state index contributed by atoms with van der Waals surface area (Å²) in [5.74, 6) is 0.384. The second kappa shape index (κ2) is 11.6. The molecule has 2 aromatic carbocycles. The lowest BCUT2D eigenvalue weighted by molar-refractivity contribution is -0.142. The van der Waals surface area contributed by atoms with E-state index in [1.165, 1.54) is 23.1 Å². The van der Waals surface area contributed by atoms with Crippen molar-refractivity contribution in [3.05, 3.63) is 83.1 Å². The lowest BCUT2D eigenvalue weighted by Crippen LogP contribution is -2.15. The van der Waals surface area contributed by atoms with Crippen LogP contribution in [0.3, 0.4) is 0 Å². The van der Waals surface area contributed by atoms with Crippen LogP contribution in [0.5, 0.6) is 0 Å². The van der Waals surface area contributed by atoms with Gasteiger partial charge < -0.3 is 10.1 Å². The lowest BCUT2D eigenvalue weighted by Gasteiger charge is -2.10. The number of nitrogens with zero attached hydrogens (tertiary/aromatic N) is 4. The minimum Gasteiger partial charge on any atom is -0.466 e. The number of esters is 1. The molecule has 4 rings (SSSR count). The van der Waals surface area contributed by atoms with Gasteiger partial charge in [0.1, 0.15) is 5.82 Å². The molecule has 0 unspecified atom stereocenters. The van der Waals surface area contributed by atoms with Gasteiger partial charge in [0.15, 0.2) is 10.3 Å². The fourth-order valence-electron chi connectivity index (χ4n) is 3.21. The van der Waals surface area contributed by atoms with Crippen LogP contribution in [-0.2, 0) is 27.2 Å². The van der Waals surface area contributed by atoms with Crippen molar-refractivity contribution in [1.29, 1.82) is 0 Å². The van der Waals surface area contributed by atoms with Gasteiger partial charge in [0, 0.05) is 17.5 Å². The Kier molecular flexibility index (Phi) is 8.05. The molecule has 0 saturated carbocycles. The number of thiazole rings is 1. The molecule has 0 bridgehead atoms. The quantitative estimate of drug-likeness (QED) is 0.262. The van der Waals surface area contributed by atoms with Crippen molar-refractivity contribution in [3.8, 4) is 5.69 Å². The second-order valence-corrected chi connectivity index (χ2v) is 9.00. The summed E-state index contributed by atoms with van der Waals surface area (Å²) in [6.07, 6.45) is 0.706. The van der Waals surface area contributed by atoms with Gasteiger partial charge in [-0.25, -0.2) is 4.98 Å². The van der Waals surface area contributed by atoms with E-state index in [-0.39, 0.29) is 24.1 Å². The van der Waals surface area contributed by atoms with Crippen LogP contribution in [-0.4, -0.2) is 44.0 Å². The number of hydrogen-bond donors (Lipinski definition) is 1. The minimum absolute atomic E-state index is 0.0827. The van der Waals surface area contributed by atoms with Crippen molar-refractivity contribution in [1.82, 2.24) is 19.7 Å². The number of hydrogen-bond acceptors (Lipinski definition) is 8. The fraction of sp³-hybridized carbons (Fsp3) is 0.208. The predicted molar refractivity (Wildman–Crippen MR) is 132 cm³/mol. The highest BCUT2D eigenvalue weighted by molar-refractivity contribution is 7.99. The molecule has 0 aliphatic heterocycles. The first-order valence-corrected chi connectivity index (χ1v) is 12.5. The number of carbonyl (C=O) groups excluding carboxylic acids is 2. The summed E-state index contributed by atoms with van der Waals surface area (Å²) < 4.78 is 6.91. The van der Waals surface area contributed by atoms with Crippen molar-refractivity contribution in [2.45, 2.75) is 24.9 Å². The van der Waals surface area contributed by atoms with Crippen molar-refractivity contribution in [2.75, 3.05) is 17.7 Å². The van der Waals surface area contributed by atoms with E-state index in [0.29, 0.717) is 29.0 Å². The van der Waals surface area contributed by atoms with Crippen molar-refractivity contribution < 1.29 is 14.3 Å². The van der Waals surface area contributed by atoms with E-state index in [1.54, 1.807) is 12.3 Å². The molecule has 2 heterocycles. The van der Waals surface area contributed by atoms with E-state index in [2.05, 4.69) is 32.6 Å². The van der Waals surface area contributed by atoms with Crippen LogP contribution in [0.4, 0.5) is 5.13 Å². The van der Waals surface area contributed by atoms with Crippen LogP contribution in [0.15, 0.2) is 71.2 Å². The van der Waals surface area contributed by atoms with Crippen LogP contribution in [0.2, 0.25) is 0 Å². The minimum atomic E-state index is -0.340. The Hall–Kier alpha value is -3.50. The summed E-state index contributed by atoms with van der Waals surface area (Å²) >= 11 is 2.58. The normalized spacial score (nSPS) is 10.7. The number of rotatable bonds is 10. The molecule has 8 nitrogen and oxygen atoms in total. The average molecular weight is 494 g/mol. The molecular weight excluding hydrogens is 470 g/mol. The first-order chi connectivity index (χ1) is 16.6. The first kappa shape index (κ1) is 23.7. The van der Waals surface area contributed by atoms with Gasteiger partial charge in [-0.05, 0) is 24.6 Å². The van der Waals surface area contributed by atoms with Crippen LogP contribution in [0.1, 0.15) is 24.0 Å². The van der Waals surface area contributed by atoms with Crippen molar-refractivity contribution >= 4 is 40.1 Å². The number of ether oxygens (including phenoxy) is 1. The summed E-state index contributed by atoms with van der Waals surface area (Å²) in [7, 11) is 0. The number of para-hydroxylation sites is 1. The molecule has 174 valence electrons. The maximum absolute atomic E-state index is 12.6. The zero-order valence-corrected chi connectivity index (χ0v) is 20.1. The Morgan fingerprint density at radius 2 is 1.79 bits per heavy atom. The number of nitrogens with one attached hydrogen (secondary N) is 1. The number of thioether (sulfide) groups is 1. The highest BCUT2D eigenvalue weighted by atomic mass is 32.2. The van der Waals surface area contributed by atoms with Crippen LogP contribution in [0, 0.1) is 0 Å². The number of amides is 1. The average Bonchev–Trinajstić information content (AvgIpc) is 3.45. The Bertz CT molecular complexity index is 1240. The van der Waals surface area contributed by atoms with Gasteiger partial charge in [-0.2, -0.15) is 0 Å². The number of anilines is 1. The van der Waals surface area contributed by atoms with Gasteiger partial charge in [-0.1, -0.05) is 60.3 Å². The molecule has 0 radical (unpaired) electrons. The van der Waals surface area contributed by atoms with Gasteiger partial charge in [0.2, 0.25) is 5.91 Å². The smallest absolute Gasteiger partial charge is 0.311 e. The van der Waals surface area contributed by atoms with E-state index >= 15 is 0 Å². The van der Waals surface area contributed by atoms with Gasteiger partial charge in [-0.15, -0.1) is 21.5 Å². The van der Waals surface area contributed by atoms with Gasteiger partial charge >= 0.3 is 5.97 Å². The topological polar surface area (TPSA) is 99.0 Å². The Balaban J connectivity index is 1.43. The van der Waals surface area contributed by atoms with E-state index < -0.39 is 0 Å². The summed E-state index contributed by atoms with van der Waals surface area (Å²) in [5, 5.41) is 14.4. The lowest BCUT2D eigenvalue weighted by atomic mass is 10.1. The molecule has 0 atom stereocenters. The highest BCUT2D eigenvalue weighted by Gasteiger charge is 2.17. The highest BCUT2D eigenvalue weighted by Crippen LogP contribution is 2.24. The zero-order chi connectivity index (χ0) is 23.8. The van der Waals surface area contributed by atoms with Crippen LogP contribution in [0.25, 0.3) is 5.69 Å². The summed E-state index contributed by atoms with van der Waals surface area (Å²) in [4.78, 5) is 28.4.